The van der Waals surface area contributed by atoms with E-state index < -0.39 is 0 Å². The number of nitrogens with zero attached hydrogens (tertiary/aromatic N) is 6. The molecule has 0 unspecified atom stereocenters. The fourth-order valence-electron chi connectivity index (χ4n) is 2.60. The Bertz CT molecular complexity index is 532. The minimum atomic E-state index is 0.578. The highest BCUT2D eigenvalue weighted by Gasteiger charge is 2.20. The van der Waals surface area contributed by atoms with E-state index in [1.54, 1.807) is 0 Å². The Hall–Kier alpha value is -1.76. The lowest BCUT2D eigenvalue weighted by atomic mass is 10.2. The molecule has 7 nitrogen and oxygen atoms in total. The lowest BCUT2D eigenvalue weighted by Crippen LogP contribution is -2.37. The predicted molar refractivity (Wildman–Crippen MR) is 72.0 cm³/mol. The molecule has 0 spiro atoms. The van der Waals surface area contributed by atoms with Gasteiger partial charge in [-0.15, -0.1) is 14.8 Å². The molecule has 1 atom stereocenters. The molecule has 3 rings (SSSR count). The summed E-state index contributed by atoms with van der Waals surface area (Å²) in [6.07, 6.45) is 3.80. The van der Waals surface area contributed by atoms with Gasteiger partial charge < -0.3 is 5.32 Å². The van der Waals surface area contributed by atoms with Crippen LogP contribution in [0.15, 0.2) is 12.1 Å². The molecule has 0 saturated carbocycles. The molecule has 0 aromatic carbocycles. The van der Waals surface area contributed by atoms with Gasteiger partial charge in [-0.1, -0.05) is 6.92 Å². The van der Waals surface area contributed by atoms with Crippen LogP contribution in [0.3, 0.4) is 0 Å². The molecule has 19 heavy (non-hydrogen) atoms. The predicted octanol–water partition coefficient (Wildman–Crippen LogP) is 0.806. The smallest absolute Gasteiger partial charge is 0.200 e. The Kier molecular flexibility index (Phi) is 3.54. The molecule has 0 radical (unpaired) electrons. The highest BCUT2D eigenvalue weighted by molar-refractivity contribution is 5.42. The molecule has 2 aromatic rings. The van der Waals surface area contributed by atoms with E-state index in [9.17, 15) is 0 Å². The minimum Gasteiger partial charge on any atom is -0.367 e. The van der Waals surface area contributed by atoms with Gasteiger partial charge in [-0.25, -0.2) is 0 Å². The van der Waals surface area contributed by atoms with Crippen molar-refractivity contribution in [2.45, 2.75) is 32.2 Å². The van der Waals surface area contributed by atoms with Crippen molar-refractivity contribution in [2.75, 3.05) is 25.0 Å². The molecule has 2 aromatic heterocycles. The summed E-state index contributed by atoms with van der Waals surface area (Å²) in [6.45, 7) is 5.60. The van der Waals surface area contributed by atoms with Crippen LogP contribution < -0.4 is 5.32 Å². The third-order valence-electron chi connectivity index (χ3n) is 3.72. The van der Waals surface area contributed by atoms with Gasteiger partial charge in [-0.05, 0) is 54.9 Å². The number of tetrazole rings is 1. The Labute approximate surface area is 112 Å². The third-order valence-corrected chi connectivity index (χ3v) is 3.72. The van der Waals surface area contributed by atoms with Crippen molar-refractivity contribution in [3.63, 3.8) is 0 Å². The van der Waals surface area contributed by atoms with E-state index >= 15 is 0 Å². The SMILES string of the molecule is CC[C@H](CNc1ccc2nnnn2n1)N1CCCC1. The summed E-state index contributed by atoms with van der Waals surface area (Å²) in [7, 11) is 0. The van der Waals surface area contributed by atoms with Gasteiger partial charge in [0.05, 0.1) is 0 Å². The van der Waals surface area contributed by atoms with Gasteiger partial charge in [-0.2, -0.15) is 0 Å². The molecular weight excluding hydrogens is 242 g/mol. The zero-order valence-electron chi connectivity index (χ0n) is 11.2. The third kappa shape index (κ3) is 2.65. The zero-order valence-corrected chi connectivity index (χ0v) is 11.2. The summed E-state index contributed by atoms with van der Waals surface area (Å²) < 4.78 is 1.44. The van der Waals surface area contributed by atoms with Gasteiger partial charge >= 0.3 is 0 Å². The quantitative estimate of drug-likeness (QED) is 0.858. The molecule has 102 valence electrons. The summed E-state index contributed by atoms with van der Waals surface area (Å²) >= 11 is 0. The van der Waals surface area contributed by atoms with Crippen molar-refractivity contribution < 1.29 is 0 Å². The lowest BCUT2D eigenvalue weighted by molar-refractivity contribution is 0.246. The number of anilines is 1. The van der Waals surface area contributed by atoms with Crippen molar-refractivity contribution in [1.29, 1.82) is 0 Å². The van der Waals surface area contributed by atoms with Gasteiger partial charge in [-0.3, -0.25) is 4.90 Å². The van der Waals surface area contributed by atoms with E-state index in [4.69, 9.17) is 0 Å². The van der Waals surface area contributed by atoms with Gasteiger partial charge in [0.1, 0.15) is 5.82 Å². The highest BCUT2D eigenvalue weighted by atomic mass is 15.6. The number of hydrogen-bond acceptors (Lipinski definition) is 6. The number of fused-ring (bicyclic) bond motifs is 1. The first-order chi connectivity index (χ1) is 9.36. The van der Waals surface area contributed by atoms with Crippen LogP contribution in [0.4, 0.5) is 5.82 Å². The second kappa shape index (κ2) is 5.48. The fraction of sp³-hybridized carbons (Fsp3) is 0.667. The van der Waals surface area contributed by atoms with E-state index in [2.05, 4.69) is 37.8 Å². The largest absolute Gasteiger partial charge is 0.367 e. The highest BCUT2D eigenvalue weighted by Crippen LogP contribution is 2.14. The maximum absolute atomic E-state index is 4.32. The Balaban J connectivity index is 1.63. The van der Waals surface area contributed by atoms with E-state index in [0.29, 0.717) is 11.7 Å². The average Bonchev–Trinajstić information content (AvgIpc) is 3.10. The number of hydrogen-bond donors (Lipinski definition) is 1. The molecular formula is C12H19N7. The summed E-state index contributed by atoms with van der Waals surface area (Å²) in [4.78, 5) is 2.56. The minimum absolute atomic E-state index is 0.578. The van der Waals surface area contributed by atoms with E-state index in [-0.39, 0.29) is 0 Å². The van der Waals surface area contributed by atoms with Gasteiger partial charge in [0.15, 0.2) is 5.65 Å². The molecule has 0 aliphatic carbocycles. The Morgan fingerprint density at radius 1 is 1.32 bits per heavy atom. The van der Waals surface area contributed by atoms with E-state index in [0.717, 1.165) is 18.8 Å². The molecule has 3 heterocycles. The number of likely N-dealkylation sites (tertiary alicyclic amines) is 1. The molecule has 0 amide bonds. The molecule has 1 saturated heterocycles. The molecule has 0 bridgehead atoms. The molecule has 1 N–H and O–H groups in total. The van der Waals surface area contributed by atoms with Gasteiger partial charge in [0, 0.05) is 12.6 Å². The second-order valence-electron chi connectivity index (χ2n) is 4.93. The van der Waals surface area contributed by atoms with Crippen LogP contribution in [-0.2, 0) is 0 Å². The van der Waals surface area contributed by atoms with Crippen molar-refractivity contribution in [2.24, 2.45) is 0 Å². The first kappa shape index (κ1) is 12.3. The topological polar surface area (TPSA) is 71.2 Å². The molecule has 1 aliphatic rings. The summed E-state index contributed by atoms with van der Waals surface area (Å²) in [5, 5.41) is 18.9. The normalized spacial score (nSPS) is 17.9. The van der Waals surface area contributed by atoms with Crippen LogP contribution in [0.2, 0.25) is 0 Å². The summed E-state index contributed by atoms with van der Waals surface area (Å²) in [6, 6.07) is 4.36. The first-order valence-electron chi connectivity index (χ1n) is 6.90. The van der Waals surface area contributed by atoms with E-state index in [1.807, 2.05) is 12.1 Å². The average molecular weight is 261 g/mol. The van der Waals surface area contributed by atoms with Crippen molar-refractivity contribution >= 4 is 11.5 Å². The number of nitrogens with one attached hydrogen (secondary N) is 1. The van der Waals surface area contributed by atoms with E-state index in [1.165, 1.54) is 30.6 Å². The fourth-order valence-corrected chi connectivity index (χ4v) is 2.60. The first-order valence-corrected chi connectivity index (χ1v) is 6.90. The zero-order chi connectivity index (χ0) is 13.1. The summed E-state index contributed by atoms with van der Waals surface area (Å²) in [5.74, 6) is 0.817. The molecule has 1 fully saturated rings. The van der Waals surface area contributed by atoms with Crippen LogP contribution in [-0.4, -0.2) is 55.8 Å². The molecule has 7 heteroatoms. The summed E-state index contributed by atoms with van der Waals surface area (Å²) in [5.41, 5.74) is 0.664. The van der Waals surface area contributed by atoms with Crippen molar-refractivity contribution in [3.8, 4) is 0 Å². The van der Waals surface area contributed by atoms with Crippen LogP contribution in [0, 0.1) is 0 Å². The van der Waals surface area contributed by atoms with Crippen LogP contribution >= 0.6 is 0 Å². The maximum Gasteiger partial charge on any atom is 0.200 e. The van der Waals surface area contributed by atoms with Crippen LogP contribution in [0.1, 0.15) is 26.2 Å². The van der Waals surface area contributed by atoms with Crippen LogP contribution in [0.25, 0.3) is 5.65 Å². The molecule has 1 aliphatic heterocycles. The number of rotatable bonds is 5. The Morgan fingerprint density at radius 2 is 2.16 bits per heavy atom. The van der Waals surface area contributed by atoms with Gasteiger partial charge in [0.2, 0.25) is 0 Å². The van der Waals surface area contributed by atoms with Crippen LogP contribution in [0.5, 0.6) is 0 Å². The van der Waals surface area contributed by atoms with Crippen molar-refractivity contribution in [3.05, 3.63) is 12.1 Å². The van der Waals surface area contributed by atoms with Crippen molar-refractivity contribution in [1.82, 2.24) is 30.2 Å². The number of aromatic nitrogens is 5. The Morgan fingerprint density at radius 3 is 2.95 bits per heavy atom. The monoisotopic (exact) mass is 261 g/mol. The standard InChI is InChI=1S/C12H19N7/c1-2-10(18-7-3-4-8-18)9-13-11-5-6-12-14-16-17-19(12)15-11/h5-6,10H,2-4,7-9H2,1H3,(H,13,15)/t10-/m1/s1. The second-order valence-corrected chi connectivity index (χ2v) is 4.93. The van der Waals surface area contributed by atoms with Gasteiger partial charge in [0.25, 0.3) is 0 Å². The lowest BCUT2D eigenvalue weighted by Gasteiger charge is -2.26. The maximum atomic E-state index is 4.32.